The van der Waals surface area contributed by atoms with E-state index in [1.807, 2.05) is 0 Å². The summed E-state index contributed by atoms with van der Waals surface area (Å²) in [5.41, 5.74) is 6.96. The lowest BCUT2D eigenvalue weighted by atomic mass is 10.1. The number of sulfonamides is 1. The zero-order valence-corrected chi connectivity index (χ0v) is 17.2. The molecule has 0 aliphatic heterocycles. The Kier molecular flexibility index (Phi) is 7.68. The maximum absolute atomic E-state index is 12.5. The monoisotopic (exact) mass is 444 g/mol. The van der Waals surface area contributed by atoms with Gasteiger partial charge in [0.15, 0.2) is 11.7 Å². The number of hydrogen-bond donors (Lipinski definition) is 3. The highest BCUT2D eigenvalue weighted by molar-refractivity contribution is 7.88. The fourth-order valence-electron chi connectivity index (χ4n) is 2.59. The van der Waals surface area contributed by atoms with E-state index >= 15 is 0 Å². The Morgan fingerprint density at radius 3 is 2.33 bits per heavy atom. The minimum absolute atomic E-state index is 0.00642. The van der Waals surface area contributed by atoms with Gasteiger partial charge in [-0.1, -0.05) is 36.4 Å². The lowest BCUT2D eigenvalue weighted by molar-refractivity contribution is -0.274. The Bertz CT molecular complexity index is 993. The van der Waals surface area contributed by atoms with Crippen LogP contribution >= 0.6 is 0 Å². The van der Waals surface area contributed by atoms with E-state index in [9.17, 15) is 21.6 Å². The quantitative estimate of drug-likeness (QED) is 0.428. The van der Waals surface area contributed by atoms with Crippen LogP contribution in [0.1, 0.15) is 25.0 Å². The minimum Gasteiger partial charge on any atom is -0.404 e. The molecule has 0 amide bonds. The number of anilines is 1. The molecule has 0 unspecified atom stereocenters. The molecule has 4 N–H and O–H groups in total. The maximum Gasteiger partial charge on any atom is 0.573 e. The van der Waals surface area contributed by atoms with E-state index < -0.39 is 22.1 Å². The molecule has 2 aromatic carbocycles. The van der Waals surface area contributed by atoms with Crippen LogP contribution in [0.15, 0.2) is 53.5 Å². The number of para-hydroxylation sites is 2. The highest BCUT2D eigenvalue weighted by Crippen LogP contribution is 2.29. The van der Waals surface area contributed by atoms with Gasteiger partial charge in [-0.15, -0.1) is 13.2 Å². The van der Waals surface area contributed by atoms with Crippen LogP contribution in [0.3, 0.4) is 0 Å². The third-order valence-electron chi connectivity index (χ3n) is 3.67. The number of alkyl halides is 3. The van der Waals surface area contributed by atoms with Crippen LogP contribution in [-0.2, 0) is 22.3 Å². The van der Waals surface area contributed by atoms with Crippen molar-refractivity contribution in [3.63, 3.8) is 0 Å². The van der Waals surface area contributed by atoms with Crippen LogP contribution in [0.25, 0.3) is 0 Å². The van der Waals surface area contributed by atoms with Gasteiger partial charge in [-0.05, 0) is 37.1 Å². The van der Waals surface area contributed by atoms with E-state index in [1.54, 1.807) is 38.1 Å². The van der Waals surface area contributed by atoms with E-state index in [-0.39, 0.29) is 30.0 Å². The summed E-state index contributed by atoms with van der Waals surface area (Å²) in [6.07, 6.45) is -4.85. The molecule has 164 valence electrons. The molecule has 0 aliphatic rings. The number of guanidine groups is 1. The topological polar surface area (TPSA) is 106 Å². The number of rotatable bonds is 8. The van der Waals surface area contributed by atoms with Gasteiger partial charge in [0.25, 0.3) is 0 Å². The highest BCUT2D eigenvalue weighted by atomic mass is 32.2. The summed E-state index contributed by atoms with van der Waals surface area (Å²) in [5.74, 6) is -0.826. The molecule has 0 spiro atoms. The van der Waals surface area contributed by atoms with Gasteiger partial charge in [0.1, 0.15) is 0 Å². The van der Waals surface area contributed by atoms with Gasteiger partial charge in [0, 0.05) is 6.04 Å². The van der Waals surface area contributed by atoms with Gasteiger partial charge in [-0.25, -0.2) is 18.1 Å². The van der Waals surface area contributed by atoms with Crippen molar-refractivity contribution in [3.05, 3.63) is 59.7 Å². The van der Waals surface area contributed by atoms with Crippen LogP contribution in [0.4, 0.5) is 18.9 Å². The molecule has 0 saturated carbocycles. The Balaban J connectivity index is 2.14. The van der Waals surface area contributed by atoms with Crippen LogP contribution in [0.5, 0.6) is 5.75 Å². The summed E-state index contributed by atoms with van der Waals surface area (Å²) in [5, 5.41) is 2.57. The number of hydrogen-bond acceptors (Lipinski definition) is 4. The fraction of sp³-hybridized carbons (Fsp3) is 0.316. The number of halogens is 3. The number of nitrogens with zero attached hydrogens (tertiary/aromatic N) is 1. The molecule has 0 fully saturated rings. The predicted molar refractivity (Wildman–Crippen MR) is 109 cm³/mol. The smallest absolute Gasteiger partial charge is 0.404 e. The highest BCUT2D eigenvalue weighted by Gasteiger charge is 2.32. The zero-order valence-electron chi connectivity index (χ0n) is 16.4. The van der Waals surface area contributed by atoms with Crippen LogP contribution in [0, 0.1) is 0 Å². The molecule has 0 saturated heterocycles. The molecule has 0 aromatic heterocycles. The first-order valence-electron chi connectivity index (χ1n) is 8.94. The number of ether oxygens (including phenoxy) is 1. The van der Waals surface area contributed by atoms with E-state index in [0.717, 1.165) is 6.07 Å². The van der Waals surface area contributed by atoms with Crippen molar-refractivity contribution in [1.82, 2.24) is 4.72 Å². The van der Waals surface area contributed by atoms with Crippen molar-refractivity contribution >= 4 is 21.7 Å². The normalized spacial score (nSPS) is 12.8. The summed E-state index contributed by atoms with van der Waals surface area (Å²) >= 11 is 0. The van der Waals surface area contributed by atoms with Crippen molar-refractivity contribution in [3.8, 4) is 5.75 Å². The molecule has 11 heteroatoms. The van der Waals surface area contributed by atoms with Crippen LogP contribution in [0.2, 0.25) is 0 Å². The Morgan fingerprint density at radius 1 is 1.10 bits per heavy atom. The minimum atomic E-state index is -4.85. The Labute approximate surface area is 173 Å². The maximum atomic E-state index is 12.5. The predicted octanol–water partition coefficient (Wildman–Crippen LogP) is 3.34. The molecule has 0 aliphatic carbocycles. The van der Waals surface area contributed by atoms with Gasteiger partial charge in [0.05, 0.1) is 18.0 Å². The average Bonchev–Trinajstić information content (AvgIpc) is 2.60. The number of nitrogens with two attached hydrogens (primary N) is 1. The van der Waals surface area contributed by atoms with Gasteiger partial charge < -0.3 is 15.8 Å². The second-order valence-corrected chi connectivity index (χ2v) is 8.42. The van der Waals surface area contributed by atoms with Crippen molar-refractivity contribution in [2.75, 3.05) is 5.32 Å². The number of benzene rings is 2. The van der Waals surface area contributed by atoms with Crippen molar-refractivity contribution < 1.29 is 26.3 Å². The van der Waals surface area contributed by atoms with Crippen molar-refractivity contribution in [1.29, 1.82) is 0 Å². The third-order valence-corrected chi connectivity index (χ3v) is 5.20. The second-order valence-electron chi connectivity index (χ2n) is 6.67. The molecule has 7 nitrogen and oxygen atoms in total. The van der Waals surface area contributed by atoms with Crippen LogP contribution in [-0.4, -0.2) is 26.8 Å². The van der Waals surface area contributed by atoms with Crippen molar-refractivity contribution in [2.45, 2.75) is 38.5 Å². The van der Waals surface area contributed by atoms with Gasteiger partial charge in [0.2, 0.25) is 10.0 Å². The number of aliphatic imine (C=N–C) groups is 1. The number of nitrogens with one attached hydrogen (secondary N) is 2. The summed E-state index contributed by atoms with van der Waals surface area (Å²) in [4.78, 5) is 4.11. The molecule has 0 bridgehead atoms. The first-order valence-corrected chi connectivity index (χ1v) is 10.6. The Morgan fingerprint density at radius 2 is 1.70 bits per heavy atom. The molecule has 0 atom stereocenters. The van der Waals surface area contributed by atoms with E-state index in [0.29, 0.717) is 11.1 Å². The average molecular weight is 444 g/mol. The third kappa shape index (κ3) is 7.91. The summed E-state index contributed by atoms with van der Waals surface area (Å²) in [6.45, 7) is 3.48. The summed E-state index contributed by atoms with van der Waals surface area (Å²) in [7, 11) is -3.53. The first-order chi connectivity index (χ1) is 14.0. The van der Waals surface area contributed by atoms with Gasteiger partial charge in [-0.3, -0.25) is 0 Å². The molecule has 2 aromatic rings. The summed E-state index contributed by atoms with van der Waals surface area (Å²) < 4.78 is 68.4. The largest absolute Gasteiger partial charge is 0.573 e. The van der Waals surface area contributed by atoms with Gasteiger partial charge in [-0.2, -0.15) is 0 Å². The first kappa shape index (κ1) is 23.5. The van der Waals surface area contributed by atoms with E-state index in [1.165, 1.54) is 18.2 Å². The molecular formula is C19H23F3N4O3S. The second kappa shape index (κ2) is 9.81. The zero-order chi connectivity index (χ0) is 22.4. The molecular weight excluding hydrogens is 421 g/mol. The molecule has 0 heterocycles. The summed E-state index contributed by atoms with van der Waals surface area (Å²) in [6, 6.07) is 12.0. The lowest BCUT2D eigenvalue weighted by Crippen LogP contribution is -2.31. The molecule has 30 heavy (non-hydrogen) atoms. The van der Waals surface area contributed by atoms with Gasteiger partial charge >= 0.3 is 6.36 Å². The standard InChI is InChI=1S/C19H23F3N4O3S/c1-13(2)26-30(27,28)12-15-8-4-3-7-14(15)11-24-18(23)25-16-9-5-6-10-17(16)29-19(20,21)22/h3-10,13,26H,11-12H2,1-2H3,(H3,23,24,25). The van der Waals surface area contributed by atoms with Crippen molar-refractivity contribution in [2.24, 2.45) is 10.7 Å². The van der Waals surface area contributed by atoms with E-state index in [2.05, 4.69) is 19.8 Å². The molecule has 2 rings (SSSR count). The van der Waals surface area contributed by atoms with Crippen LogP contribution < -0.4 is 20.5 Å². The SMILES string of the molecule is CC(C)NS(=O)(=O)Cc1ccccc1CN=C(N)Nc1ccccc1OC(F)(F)F. The molecule has 0 radical (unpaired) electrons. The lowest BCUT2D eigenvalue weighted by Gasteiger charge is -2.14. The fourth-order valence-corrected chi connectivity index (χ4v) is 4.08. The van der Waals surface area contributed by atoms with E-state index in [4.69, 9.17) is 5.73 Å². The Hall–Kier alpha value is -2.79.